The topological polar surface area (TPSA) is 80.5 Å². The van der Waals surface area contributed by atoms with Crippen molar-refractivity contribution in [2.45, 2.75) is 20.4 Å². The van der Waals surface area contributed by atoms with Crippen molar-refractivity contribution in [3.05, 3.63) is 47.3 Å². The average Bonchev–Trinajstić information content (AvgIpc) is 2.80. The molecule has 0 radical (unpaired) electrons. The fraction of sp³-hybridized carbons (Fsp3) is 0.286. The largest absolute Gasteiger partial charge is 0.359 e. The zero-order chi connectivity index (χ0) is 15.6. The molecular weight excluding hydrogens is 292 g/mol. The van der Waals surface area contributed by atoms with Crippen LogP contribution >= 0.6 is 0 Å². The zero-order valence-corrected chi connectivity index (χ0v) is 12.8. The van der Waals surface area contributed by atoms with Gasteiger partial charge >= 0.3 is 0 Å². The van der Waals surface area contributed by atoms with Gasteiger partial charge in [-0.3, -0.25) is 9.10 Å². The van der Waals surface area contributed by atoms with Crippen LogP contribution in [0.4, 0.5) is 5.69 Å². The maximum absolute atomic E-state index is 12.0. The fourth-order valence-electron chi connectivity index (χ4n) is 1.89. The van der Waals surface area contributed by atoms with Crippen LogP contribution in [0.3, 0.4) is 0 Å². The van der Waals surface area contributed by atoms with Crippen LogP contribution in [0.15, 0.2) is 34.9 Å². The van der Waals surface area contributed by atoms with Crippen molar-refractivity contribution in [1.29, 1.82) is 0 Å². The number of anilines is 1. The number of hydrogen-bond donors (Lipinski definition) is 0. The van der Waals surface area contributed by atoms with Crippen LogP contribution in [-0.2, 0) is 16.6 Å². The Labute approximate surface area is 123 Å². The first-order valence-corrected chi connectivity index (χ1v) is 8.13. The normalized spacial score (nSPS) is 11.4. The zero-order valence-electron chi connectivity index (χ0n) is 12.0. The number of sulfonamides is 1. The number of hydrogen-bond acceptors (Lipinski definition) is 5. The second kappa shape index (κ2) is 5.69. The van der Waals surface area contributed by atoms with E-state index >= 15 is 0 Å². The Hall–Kier alpha value is -2.15. The maximum Gasteiger partial charge on any atom is 0.232 e. The van der Waals surface area contributed by atoms with Gasteiger partial charge < -0.3 is 4.52 Å². The predicted octanol–water partition coefficient (Wildman–Crippen LogP) is 2.15. The van der Waals surface area contributed by atoms with Crippen molar-refractivity contribution in [2.75, 3.05) is 10.6 Å². The van der Waals surface area contributed by atoms with Crippen molar-refractivity contribution < 1.29 is 17.7 Å². The van der Waals surface area contributed by atoms with Crippen molar-refractivity contribution in [3.8, 4) is 0 Å². The Morgan fingerprint density at radius 2 is 1.90 bits per heavy atom. The third kappa shape index (κ3) is 3.69. The third-order valence-electron chi connectivity index (χ3n) is 2.94. The first-order valence-electron chi connectivity index (χ1n) is 6.28. The van der Waals surface area contributed by atoms with Gasteiger partial charge in [0.25, 0.3) is 0 Å². The van der Waals surface area contributed by atoms with Crippen molar-refractivity contribution in [3.63, 3.8) is 0 Å². The van der Waals surface area contributed by atoms with E-state index in [2.05, 4.69) is 5.16 Å². The molecule has 0 spiro atoms. The van der Waals surface area contributed by atoms with Gasteiger partial charge in [0.15, 0.2) is 11.5 Å². The lowest BCUT2D eigenvalue weighted by atomic mass is 10.1. The lowest BCUT2D eigenvalue weighted by Gasteiger charge is -2.21. The number of carbonyl (C=O) groups is 1. The van der Waals surface area contributed by atoms with Crippen LogP contribution in [0.2, 0.25) is 0 Å². The SMILES string of the molecule is CC(=O)c1ccc(N(Cc2cc(C)no2)S(C)(=O)=O)cc1. The van der Waals surface area contributed by atoms with Crippen LogP contribution in [0.5, 0.6) is 0 Å². The van der Waals surface area contributed by atoms with Crippen LogP contribution in [-0.4, -0.2) is 25.6 Å². The molecule has 0 saturated heterocycles. The Morgan fingerprint density at radius 3 is 2.33 bits per heavy atom. The molecule has 0 unspecified atom stereocenters. The molecule has 1 aromatic heterocycles. The summed E-state index contributed by atoms with van der Waals surface area (Å²) >= 11 is 0. The molecule has 2 rings (SSSR count). The lowest BCUT2D eigenvalue weighted by molar-refractivity contribution is 0.101. The highest BCUT2D eigenvalue weighted by Gasteiger charge is 2.20. The van der Waals surface area contributed by atoms with Gasteiger partial charge in [-0.25, -0.2) is 8.42 Å². The molecule has 0 aliphatic carbocycles. The Morgan fingerprint density at radius 1 is 1.29 bits per heavy atom. The number of aryl methyl sites for hydroxylation is 1. The lowest BCUT2D eigenvalue weighted by Crippen LogP contribution is -2.29. The van der Waals surface area contributed by atoms with E-state index in [1.165, 1.54) is 11.2 Å². The Balaban J connectivity index is 2.34. The van der Waals surface area contributed by atoms with Gasteiger partial charge in [0, 0.05) is 11.6 Å². The summed E-state index contributed by atoms with van der Waals surface area (Å²) < 4.78 is 30.2. The van der Waals surface area contributed by atoms with Crippen LogP contribution in [0.1, 0.15) is 28.7 Å². The summed E-state index contributed by atoms with van der Waals surface area (Å²) in [6, 6.07) is 8.08. The van der Waals surface area contributed by atoms with Crippen molar-refractivity contribution in [2.24, 2.45) is 0 Å². The van der Waals surface area contributed by atoms with Crippen LogP contribution in [0.25, 0.3) is 0 Å². The van der Waals surface area contributed by atoms with Crippen LogP contribution < -0.4 is 4.31 Å². The summed E-state index contributed by atoms with van der Waals surface area (Å²) in [4.78, 5) is 11.3. The van der Waals surface area contributed by atoms with E-state index in [0.29, 0.717) is 22.7 Å². The molecule has 0 atom stereocenters. The van der Waals surface area contributed by atoms with E-state index in [4.69, 9.17) is 4.52 Å². The molecule has 0 aliphatic rings. The molecule has 2 aromatic rings. The average molecular weight is 308 g/mol. The number of carbonyl (C=O) groups excluding carboxylic acids is 1. The van der Waals surface area contributed by atoms with Crippen LogP contribution in [0, 0.1) is 6.92 Å². The van der Waals surface area contributed by atoms with Crippen molar-refractivity contribution in [1.82, 2.24) is 5.16 Å². The molecular formula is C14H16N2O4S. The number of ketones is 1. The smallest absolute Gasteiger partial charge is 0.232 e. The highest BCUT2D eigenvalue weighted by Crippen LogP contribution is 2.21. The van der Waals surface area contributed by atoms with Gasteiger partial charge in [-0.05, 0) is 38.1 Å². The van der Waals surface area contributed by atoms with E-state index in [0.717, 1.165) is 6.26 Å². The second-order valence-electron chi connectivity index (χ2n) is 4.81. The van der Waals surface area contributed by atoms with E-state index in [-0.39, 0.29) is 12.3 Å². The van der Waals surface area contributed by atoms with Gasteiger partial charge in [-0.2, -0.15) is 0 Å². The summed E-state index contributed by atoms with van der Waals surface area (Å²) in [5, 5.41) is 3.74. The summed E-state index contributed by atoms with van der Waals surface area (Å²) in [5.74, 6) is 0.381. The highest BCUT2D eigenvalue weighted by molar-refractivity contribution is 7.92. The molecule has 21 heavy (non-hydrogen) atoms. The van der Waals surface area contributed by atoms with Gasteiger partial charge in [0.05, 0.1) is 24.2 Å². The fourth-order valence-corrected chi connectivity index (χ4v) is 2.76. The Bertz CT molecular complexity index is 748. The molecule has 0 fully saturated rings. The van der Waals surface area contributed by atoms with E-state index in [1.54, 1.807) is 37.3 Å². The molecule has 7 heteroatoms. The minimum absolute atomic E-state index is 0.0547. The van der Waals surface area contributed by atoms with E-state index < -0.39 is 10.0 Å². The maximum atomic E-state index is 12.0. The number of rotatable bonds is 5. The molecule has 1 heterocycles. The predicted molar refractivity (Wildman–Crippen MR) is 78.7 cm³/mol. The molecule has 0 saturated carbocycles. The van der Waals surface area contributed by atoms with Gasteiger partial charge in [-0.15, -0.1) is 0 Å². The number of aromatic nitrogens is 1. The molecule has 1 aromatic carbocycles. The van der Waals surface area contributed by atoms with Gasteiger partial charge in [0.1, 0.15) is 0 Å². The summed E-state index contributed by atoms with van der Waals surface area (Å²) in [6.45, 7) is 3.28. The van der Waals surface area contributed by atoms with Gasteiger partial charge in [-0.1, -0.05) is 5.16 Å². The molecule has 0 amide bonds. The highest BCUT2D eigenvalue weighted by atomic mass is 32.2. The minimum atomic E-state index is -3.48. The number of nitrogens with zero attached hydrogens (tertiary/aromatic N) is 2. The first kappa shape index (κ1) is 15.2. The number of Topliss-reactive ketones (excluding diaryl/α,β-unsaturated/α-hetero) is 1. The molecule has 0 bridgehead atoms. The Kier molecular flexibility index (Phi) is 4.13. The third-order valence-corrected chi connectivity index (χ3v) is 4.08. The standard InChI is InChI=1S/C14H16N2O4S/c1-10-8-14(20-15-10)9-16(21(3,18)19)13-6-4-12(5-7-13)11(2)17/h4-8H,9H2,1-3H3. The molecule has 0 N–H and O–H groups in total. The monoisotopic (exact) mass is 308 g/mol. The summed E-state index contributed by atoms with van der Waals surface area (Å²) in [7, 11) is -3.48. The molecule has 0 aliphatic heterocycles. The van der Waals surface area contributed by atoms with Crippen molar-refractivity contribution >= 4 is 21.5 Å². The van der Waals surface area contributed by atoms with Gasteiger partial charge in [0.2, 0.25) is 10.0 Å². The van der Waals surface area contributed by atoms with E-state index in [9.17, 15) is 13.2 Å². The quantitative estimate of drug-likeness (QED) is 0.791. The summed E-state index contributed by atoms with van der Waals surface area (Å²) in [6.07, 6.45) is 1.12. The number of benzene rings is 1. The second-order valence-corrected chi connectivity index (χ2v) is 6.71. The first-order chi connectivity index (χ1) is 9.77. The molecule has 6 nitrogen and oxygen atoms in total. The van der Waals surface area contributed by atoms with E-state index in [1.807, 2.05) is 0 Å². The molecule has 112 valence electrons. The summed E-state index contributed by atoms with van der Waals surface area (Å²) in [5.41, 5.74) is 1.68. The minimum Gasteiger partial charge on any atom is -0.359 e.